The number of aliphatic carboxylic acids is 1. The molecule has 2 aliphatic rings. The number of carbonyl (C=O) groups excluding carboxylic acids is 2. The molecule has 0 bridgehead atoms. The molecular weight excluding hydrogens is 340 g/mol. The molecule has 3 heterocycles. The summed E-state index contributed by atoms with van der Waals surface area (Å²) in [6.45, 7) is 1.67. The molecule has 2 amide bonds. The Labute approximate surface area is 140 Å². The van der Waals surface area contributed by atoms with E-state index in [1.807, 2.05) is 0 Å². The van der Waals surface area contributed by atoms with E-state index in [4.69, 9.17) is 0 Å². The van der Waals surface area contributed by atoms with Crippen molar-refractivity contribution < 1.29 is 24.6 Å². The molecule has 2 unspecified atom stereocenters. The van der Waals surface area contributed by atoms with Gasteiger partial charge in [-0.1, -0.05) is 6.07 Å². The molecule has 1 saturated heterocycles. The highest BCUT2D eigenvalue weighted by atomic mass is 32.2. The third kappa shape index (κ3) is 2.64. The number of thioether (sulfide) groups is 1. The molecule has 0 radical (unpaired) electrons. The van der Waals surface area contributed by atoms with Gasteiger partial charge in [0.15, 0.2) is 6.10 Å². The number of carbonyl (C=O) groups is 3. The molecule has 7 nitrogen and oxygen atoms in total. The number of thiophene rings is 1. The lowest BCUT2D eigenvalue weighted by molar-refractivity contribution is -0.151. The molecule has 3 N–H and O–H groups in total. The van der Waals surface area contributed by atoms with Crippen LogP contribution < -0.4 is 5.32 Å². The summed E-state index contributed by atoms with van der Waals surface area (Å²) in [6.07, 6.45) is -1.33. The first-order valence-electron chi connectivity index (χ1n) is 6.81. The van der Waals surface area contributed by atoms with Gasteiger partial charge in [0.25, 0.3) is 11.8 Å². The van der Waals surface area contributed by atoms with E-state index in [-0.39, 0.29) is 5.70 Å². The molecule has 1 aromatic heterocycles. The Morgan fingerprint density at radius 3 is 2.83 bits per heavy atom. The highest BCUT2D eigenvalue weighted by Crippen LogP contribution is 2.40. The van der Waals surface area contributed by atoms with E-state index >= 15 is 0 Å². The molecule has 0 spiro atoms. The van der Waals surface area contributed by atoms with Crippen LogP contribution in [0.3, 0.4) is 0 Å². The molecule has 3 atom stereocenters. The third-order valence-electron chi connectivity index (χ3n) is 3.72. The molecular formula is C14H14N2O5S2. The summed E-state index contributed by atoms with van der Waals surface area (Å²) in [6, 6.07) is 2.54. The fraction of sp³-hybridized carbons (Fsp3) is 0.357. The summed E-state index contributed by atoms with van der Waals surface area (Å²) in [5, 5.41) is 23.0. The van der Waals surface area contributed by atoms with Crippen molar-refractivity contribution in [1.29, 1.82) is 0 Å². The summed E-state index contributed by atoms with van der Waals surface area (Å²) in [5.74, 6) is -1.79. The van der Waals surface area contributed by atoms with Crippen molar-refractivity contribution in [2.45, 2.75) is 24.4 Å². The van der Waals surface area contributed by atoms with E-state index in [1.54, 1.807) is 24.4 Å². The summed E-state index contributed by atoms with van der Waals surface area (Å²) in [5.41, 5.74) is 0.610. The number of nitrogens with zero attached hydrogens (tertiary/aromatic N) is 1. The average molecular weight is 354 g/mol. The van der Waals surface area contributed by atoms with Crippen LogP contribution in [0.2, 0.25) is 0 Å². The molecule has 0 aromatic carbocycles. The summed E-state index contributed by atoms with van der Waals surface area (Å²) in [7, 11) is 0. The van der Waals surface area contributed by atoms with E-state index in [1.165, 1.54) is 28.0 Å². The minimum Gasteiger partial charge on any atom is -0.477 e. The van der Waals surface area contributed by atoms with Gasteiger partial charge >= 0.3 is 5.97 Å². The summed E-state index contributed by atoms with van der Waals surface area (Å²) < 4.78 is 0. The standard InChI is InChI=1S/C14H14N2O5S2/c1-6-5-23-13-8(12(19)16(13)9(6)14(20)21)15-11(18)10(17)7-3-2-4-22-7/h2-4,8,10,13,17H,5H2,1H3,(H,15,18)(H,20,21)/t8?,10?,13-/m1/s1. The number of aliphatic hydroxyl groups is 1. The number of rotatable bonds is 4. The minimum atomic E-state index is -1.33. The van der Waals surface area contributed by atoms with Crippen molar-refractivity contribution in [3.63, 3.8) is 0 Å². The van der Waals surface area contributed by atoms with Crippen LogP contribution in [0.15, 0.2) is 28.8 Å². The van der Waals surface area contributed by atoms with Crippen LogP contribution in [0.5, 0.6) is 0 Å². The number of carboxylic acid groups (broad SMARTS) is 1. The van der Waals surface area contributed by atoms with Gasteiger partial charge in [0, 0.05) is 10.6 Å². The van der Waals surface area contributed by atoms with Crippen LogP contribution in [0.1, 0.15) is 17.9 Å². The van der Waals surface area contributed by atoms with Gasteiger partial charge in [-0.2, -0.15) is 0 Å². The molecule has 0 saturated carbocycles. The van der Waals surface area contributed by atoms with Crippen molar-refractivity contribution in [2.75, 3.05) is 5.75 Å². The number of fused-ring (bicyclic) bond motifs is 1. The number of hydrogen-bond donors (Lipinski definition) is 3. The summed E-state index contributed by atoms with van der Waals surface area (Å²) in [4.78, 5) is 37.3. The Morgan fingerprint density at radius 1 is 1.48 bits per heavy atom. The first-order valence-corrected chi connectivity index (χ1v) is 8.74. The first-order chi connectivity index (χ1) is 10.9. The van der Waals surface area contributed by atoms with Crippen LogP contribution in [0.4, 0.5) is 0 Å². The molecule has 2 aliphatic heterocycles. The lowest BCUT2D eigenvalue weighted by Gasteiger charge is -2.49. The van der Waals surface area contributed by atoms with Crippen LogP contribution in [-0.2, 0) is 14.4 Å². The van der Waals surface area contributed by atoms with E-state index in [0.717, 1.165) is 0 Å². The molecule has 1 aromatic rings. The number of hydrogen-bond acceptors (Lipinski definition) is 6. The number of carboxylic acids is 1. The molecule has 23 heavy (non-hydrogen) atoms. The number of nitrogens with one attached hydrogen (secondary N) is 1. The predicted molar refractivity (Wildman–Crippen MR) is 84.6 cm³/mol. The lowest BCUT2D eigenvalue weighted by atomic mass is 10.0. The highest BCUT2D eigenvalue weighted by Gasteiger charge is 2.54. The maximum atomic E-state index is 12.2. The smallest absolute Gasteiger partial charge is 0.352 e. The zero-order valence-electron chi connectivity index (χ0n) is 12.1. The van der Waals surface area contributed by atoms with Crippen LogP contribution in [0, 0.1) is 0 Å². The Bertz CT molecular complexity index is 700. The molecule has 1 fully saturated rings. The van der Waals surface area contributed by atoms with Gasteiger partial charge in [0.2, 0.25) is 0 Å². The van der Waals surface area contributed by atoms with E-state index < -0.39 is 35.3 Å². The highest BCUT2D eigenvalue weighted by molar-refractivity contribution is 8.00. The van der Waals surface area contributed by atoms with Crippen molar-refractivity contribution >= 4 is 40.9 Å². The topological polar surface area (TPSA) is 107 Å². The minimum absolute atomic E-state index is 0.0111. The Kier molecular flexibility index (Phi) is 4.17. The predicted octanol–water partition coefficient (Wildman–Crippen LogP) is 0.540. The van der Waals surface area contributed by atoms with Gasteiger partial charge in [-0.25, -0.2) is 4.79 Å². The van der Waals surface area contributed by atoms with E-state index in [0.29, 0.717) is 16.2 Å². The third-order valence-corrected chi connectivity index (χ3v) is 6.07. The first kappa shape index (κ1) is 16.0. The van der Waals surface area contributed by atoms with Gasteiger partial charge in [-0.3, -0.25) is 14.5 Å². The molecule has 122 valence electrons. The van der Waals surface area contributed by atoms with Gasteiger partial charge in [0.1, 0.15) is 17.1 Å². The average Bonchev–Trinajstić information content (AvgIpc) is 3.05. The zero-order chi connectivity index (χ0) is 16.7. The zero-order valence-corrected chi connectivity index (χ0v) is 13.7. The largest absolute Gasteiger partial charge is 0.477 e. The maximum Gasteiger partial charge on any atom is 0.352 e. The van der Waals surface area contributed by atoms with E-state index in [9.17, 15) is 24.6 Å². The fourth-order valence-electron chi connectivity index (χ4n) is 2.58. The van der Waals surface area contributed by atoms with Crippen LogP contribution >= 0.6 is 23.1 Å². The Balaban J connectivity index is 1.72. The normalized spacial score (nSPS) is 24.8. The number of β-lactam (4-membered cyclic amide) rings is 1. The number of aliphatic hydroxyl groups excluding tert-OH is 1. The van der Waals surface area contributed by atoms with Crippen molar-refractivity contribution in [2.24, 2.45) is 0 Å². The molecule has 0 aliphatic carbocycles. The lowest BCUT2D eigenvalue weighted by Crippen LogP contribution is -2.70. The van der Waals surface area contributed by atoms with Crippen molar-refractivity contribution in [3.8, 4) is 0 Å². The van der Waals surface area contributed by atoms with Gasteiger partial charge in [-0.05, 0) is 23.9 Å². The second kappa shape index (κ2) is 5.99. The SMILES string of the molecule is CC1=C(C(=O)O)N2C(=O)C(NC(=O)C(O)c3cccs3)[C@H]2SC1. The van der Waals surface area contributed by atoms with Gasteiger partial charge < -0.3 is 15.5 Å². The van der Waals surface area contributed by atoms with E-state index in [2.05, 4.69) is 5.32 Å². The quantitative estimate of drug-likeness (QED) is 0.682. The van der Waals surface area contributed by atoms with Gasteiger partial charge in [-0.15, -0.1) is 23.1 Å². The Hall–Kier alpha value is -1.84. The summed E-state index contributed by atoms with van der Waals surface area (Å²) >= 11 is 2.64. The van der Waals surface area contributed by atoms with Crippen LogP contribution in [-0.4, -0.2) is 50.1 Å². The monoisotopic (exact) mass is 354 g/mol. The number of amides is 2. The van der Waals surface area contributed by atoms with Crippen LogP contribution in [0.25, 0.3) is 0 Å². The Morgan fingerprint density at radius 2 is 2.22 bits per heavy atom. The van der Waals surface area contributed by atoms with Gasteiger partial charge in [0.05, 0.1) is 0 Å². The molecule has 9 heteroatoms. The van der Waals surface area contributed by atoms with Crippen molar-refractivity contribution in [3.05, 3.63) is 33.7 Å². The van der Waals surface area contributed by atoms with Crippen molar-refractivity contribution in [1.82, 2.24) is 10.2 Å². The maximum absolute atomic E-state index is 12.2. The second-order valence-corrected chi connectivity index (χ2v) is 7.33. The fourth-order valence-corrected chi connectivity index (χ4v) is 4.58. The molecule has 3 rings (SSSR count). The second-order valence-electron chi connectivity index (χ2n) is 5.25.